The molecule has 1 heterocycles. The van der Waals surface area contributed by atoms with Crippen molar-refractivity contribution in [1.82, 2.24) is 4.57 Å². The van der Waals surface area contributed by atoms with Gasteiger partial charge in [0.05, 0.1) is 19.0 Å². The Morgan fingerprint density at radius 3 is 2.42 bits per heavy atom. The number of hydrogen-bond acceptors (Lipinski definition) is 3. The van der Waals surface area contributed by atoms with E-state index in [1.165, 1.54) is 7.11 Å². The van der Waals surface area contributed by atoms with Crippen molar-refractivity contribution in [1.29, 1.82) is 0 Å². The van der Waals surface area contributed by atoms with Gasteiger partial charge in [-0.2, -0.15) is 0 Å². The number of methoxy groups -OCH3 is 1. The minimum absolute atomic E-state index is 0.129. The predicted octanol–water partition coefficient (Wildman–Crippen LogP) is 4.01. The number of ether oxygens (including phenoxy) is 1. The Labute approximate surface area is 144 Å². The molecule has 0 spiro atoms. The van der Waals surface area contributed by atoms with Gasteiger partial charge in [0.15, 0.2) is 0 Å². The summed E-state index contributed by atoms with van der Waals surface area (Å²) in [5.41, 5.74) is 2.85. The summed E-state index contributed by atoms with van der Waals surface area (Å²) in [6.07, 6.45) is 0.129. The second-order valence-electron chi connectivity index (χ2n) is 5.48. The molecule has 24 heavy (non-hydrogen) atoms. The van der Waals surface area contributed by atoms with E-state index in [1.807, 2.05) is 31.2 Å². The first kappa shape index (κ1) is 16.3. The zero-order valence-electron chi connectivity index (χ0n) is 13.4. The molecule has 0 saturated carbocycles. The fourth-order valence-electron chi connectivity index (χ4n) is 2.86. The third-order valence-corrected chi connectivity index (χ3v) is 4.34. The van der Waals surface area contributed by atoms with E-state index in [9.17, 15) is 9.59 Å². The van der Waals surface area contributed by atoms with Crippen LogP contribution in [0.4, 0.5) is 0 Å². The molecule has 5 heteroatoms. The highest BCUT2D eigenvalue weighted by Crippen LogP contribution is 2.27. The van der Waals surface area contributed by atoms with Crippen LogP contribution in [0, 0.1) is 6.92 Å². The lowest BCUT2D eigenvalue weighted by Gasteiger charge is -2.08. The SMILES string of the molecule is COC(=O)Cc1c(C)n(C(=O)c2ccc(Cl)cc2)c2ccccc12. The summed E-state index contributed by atoms with van der Waals surface area (Å²) >= 11 is 5.90. The molecule has 3 aromatic rings. The number of esters is 1. The van der Waals surface area contributed by atoms with Crippen molar-refractivity contribution in [2.45, 2.75) is 13.3 Å². The fraction of sp³-hybridized carbons (Fsp3) is 0.158. The van der Waals surface area contributed by atoms with Gasteiger partial charge in [-0.25, -0.2) is 0 Å². The molecule has 0 fully saturated rings. The summed E-state index contributed by atoms with van der Waals surface area (Å²) in [6.45, 7) is 1.84. The first-order valence-electron chi connectivity index (χ1n) is 7.49. The molecule has 0 atom stereocenters. The molecule has 4 nitrogen and oxygen atoms in total. The van der Waals surface area contributed by atoms with Crippen molar-refractivity contribution in [2.75, 3.05) is 7.11 Å². The molecule has 0 saturated heterocycles. The molecule has 0 aliphatic heterocycles. The van der Waals surface area contributed by atoms with Gasteiger partial charge in [-0.15, -0.1) is 0 Å². The quantitative estimate of drug-likeness (QED) is 0.676. The number of hydrogen-bond donors (Lipinski definition) is 0. The number of benzene rings is 2. The fourth-order valence-corrected chi connectivity index (χ4v) is 2.98. The van der Waals surface area contributed by atoms with E-state index < -0.39 is 0 Å². The van der Waals surface area contributed by atoms with Gasteiger partial charge in [-0.05, 0) is 42.8 Å². The Bertz CT molecular complexity index is 926. The maximum absolute atomic E-state index is 13.0. The van der Waals surface area contributed by atoms with E-state index in [4.69, 9.17) is 16.3 Å². The summed E-state index contributed by atoms with van der Waals surface area (Å²) in [5.74, 6) is -0.489. The second-order valence-corrected chi connectivity index (χ2v) is 5.92. The van der Waals surface area contributed by atoms with E-state index in [2.05, 4.69) is 0 Å². The number of halogens is 1. The smallest absolute Gasteiger partial charge is 0.310 e. The van der Waals surface area contributed by atoms with Crippen LogP contribution in [0.5, 0.6) is 0 Å². The monoisotopic (exact) mass is 341 g/mol. The van der Waals surface area contributed by atoms with Gasteiger partial charge in [0, 0.05) is 21.7 Å². The zero-order valence-corrected chi connectivity index (χ0v) is 14.1. The zero-order chi connectivity index (χ0) is 17.3. The average Bonchev–Trinajstić information content (AvgIpc) is 2.87. The highest BCUT2D eigenvalue weighted by atomic mass is 35.5. The molecule has 122 valence electrons. The lowest BCUT2D eigenvalue weighted by atomic mass is 10.1. The molecule has 0 bridgehead atoms. The molecule has 0 radical (unpaired) electrons. The van der Waals surface area contributed by atoms with Gasteiger partial charge >= 0.3 is 5.97 Å². The van der Waals surface area contributed by atoms with E-state index in [0.29, 0.717) is 10.6 Å². The van der Waals surface area contributed by atoms with Crippen molar-refractivity contribution in [3.63, 3.8) is 0 Å². The number of carbonyl (C=O) groups excluding carboxylic acids is 2. The summed E-state index contributed by atoms with van der Waals surface area (Å²) in [5, 5.41) is 1.45. The number of aromatic nitrogens is 1. The van der Waals surface area contributed by atoms with Crippen molar-refractivity contribution >= 4 is 34.4 Å². The van der Waals surface area contributed by atoms with Crippen molar-refractivity contribution < 1.29 is 14.3 Å². The second kappa shape index (κ2) is 6.49. The van der Waals surface area contributed by atoms with E-state index in [-0.39, 0.29) is 18.3 Å². The molecular formula is C19H16ClNO3. The Balaban J connectivity index is 2.17. The lowest BCUT2D eigenvalue weighted by molar-refractivity contribution is -0.139. The summed E-state index contributed by atoms with van der Waals surface area (Å²) in [4.78, 5) is 24.7. The summed E-state index contributed by atoms with van der Waals surface area (Å²) in [7, 11) is 1.36. The highest BCUT2D eigenvalue weighted by molar-refractivity contribution is 6.30. The topological polar surface area (TPSA) is 48.3 Å². The minimum atomic E-state index is -0.333. The molecule has 0 aliphatic carbocycles. The number of fused-ring (bicyclic) bond motifs is 1. The Morgan fingerprint density at radius 2 is 1.75 bits per heavy atom. The minimum Gasteiger partial charge on any atom is -0.469 e. The van der Waals surface area contributed by atoms with Gasteiger partial charge in [0.2, 0.25) is 0 Å². The van der Waals surface area contributed by atoms with E-state index in [0.717, 1.165) is 22.2 Å². The first-order valence-corrected chi connectivity index (χ1v) is 7.86. The Hall–Kier alpha value is -2.59. The van der Waals surface area contributed by atoms with Crippen LogP contribution >= 0.6 is 11.6 Å². The van der Waals surface area contributed by atoms with Crippen LogP contribution in [0.3, 0.4) is 0 Å². The van der Waals surface area contributed by atoms with E-state index >= 15 is 0 Å². The van der Waals surface area contributed by atoms with E-state index in [1.54, 1.807) is 28.8 Å². The number of nitrogens with zero attached hydrogens (tertiary/aromatic N) is 1. The molecule has 2 aromatic carbocycles. The van der Waals surface area contributed by atoms with Crippen LogP contribution in [0.25, 0.3) is 10.9 Å². The number of para-hydroxylation sites is 1. The molecule has 3 rings (SSSR count). The van der Waals surface area contributed by atoms with Crippen LogP contribution in [0.1, 0.15) is 21.6 Å². The van der Waals surface area contributed by atoms with Crippen LogP contribution in [-0.2, 0) is 16.0 Å². The van der Waals surface area contributed by atoms with Crippen LogP contribution in [0.15, 0.2) is 48.5 Å². The van der Waals surface area contributed by atoms with Crippen molar-refractivity contribution in [3.05, 3.63) is 70.4 Å². The highest BCUT2D eigenvalue weighted by Gasteiger charge is 2.21. The van der Waals surface area contributed by atoms with Crippen LogP contribution < -0.4 is 0 Å². The van der Waals surface area contributed by atoms with Crippen molar-refractivity contribution in [2.24, 2.45) is 0 Å². The molecule has 1 aromatic heterocycles. The normalized spacial score (nSPS) is 10.8. The molecule has 0 aliphatic rings. The molecule has 0 unspecified atom stereocenters. The van der Waals surface area contributed by atoms with Crippen molar-refractivity contribution in [3.8, 4) is 0 Å². The van der Waals surface area contributed by atoms with Gasteiger partial charge in [-0.3, -0.25) is 14.2 Å². The Kier molecular flexibility index (Phi) is 4.40. The first-order chi connectivity index (χ1) is 11.5. The van der Waals surface area contributed by atoms with Gasteiger partial charge < -0.3 is 4.74 Å². The lowest BCUT2D eigenvalue weighted by Crippen LogP contribution is -2.14. The third kappa shape index (κ3) is 2.81. The van der Waals surface area contributed by atoms with Gasteiger partial charge in [0.25, 0.3) is 5.91 Å². The number of carbonyl (C=O) groups is 2. The predicted molar refractivity (Wildman–Crippen MR) is 93.6 cm³/mol. The standard InChI is InChI=1S/C19H16ClNO3/c1-12-16(11-18(22)24-2)15-5-3-4-6-17(15)21(12)19(23)13-7-9-14(20)10-8-13/h3-10H,11H2,1-2H3. The summed E-state index contributed by atoms with van der Waals surface area (Å²) in [6, 6.07) is 14.3. The van der Waals surface area contributed by atoms with Crippen LogP contribution in [-0.4, -0.2) is 23.6 Å². The Morgan fingerprint density at radius 1 is 1.08 bits per heavy atom. The molecule has 0 N–H and O–H groups in total. The average molecular weight is 342 g/mol. The third-order valence-electron chi connectivity index (χ3n) is 4.09. The molecular weight excluding hydrogens is 326 g/mol. The summed E-state index contributed by atoms with van der Waals surface area (Å²) < 4.78 is 6.41. The van der Waals surface area contributed by atoms with Gasteiger partial charge in [-0.1, -0.05) is 29.8 Å². The largest absolute Gasteiger partial charge is 0.469 e. The van der Waals surface area contributed by atoms with Crippen LogP contribution in [0.2, 0.25) is 5.02 Å². The maximum atomic E-state index is 13.0. The maximum Gasteiger partial charge on any atom is 0.310 e. The van der Waals surface area contributed by atoms with Gasteiger partial charge in [0.1, 0.15) is 0 Å². The number of rotatable bonds is 3. The molecule has 0 amide bonds.